The Balaban J connectivity index is 0.00000200. The van der Waals surface area contributed by atoms with Crippen molar-refractivity contribution in [3.63, 3.8) is 0 Å². The van der Waals surface area contributed by atoms with Gasteiger partial charge in [0.2, 0.25) is 5.91 Å². The van der Waals surface area contributed by atoms with E-state index in [1.54, 1.807) is 0 Å². The summed E-state index contributed by atoms with van der Waals surface area (Å²) >= 11 is 0. The highest BCUT2D eigenvalue weighted by Gasteiger charge is 2.18. The van der Waals surface area contributed by atoms with Gasteiger partial charge in [-0.3, -0.25) is 9.59 Å². The van der Waals surface area contributed by atoms with Crippen molar-refractivity contribution >= 4 is 36.4 Å². The molecule has 1 aliphatic rings. The van der Waals surface area contributed by atoms with Gasteiger partial charge < -0.3 is 16.4 Å². The first-order chi connectivity index (χ1) is 9.22. The third-order valence-corrected chi connectivity index (χ3v) is 3.09. The van der Waals surface area contributed by atoms with Crippen LogP contribution in [0.25, 0.3) is 0 Å². The summed E-state index contributed by atoms with van der Waals surface area (Å²) in [5.41, 5.74) is 7.21. The molecule has 21 heavy (non-hydrogen) atoms. The van der Waals surface area contributed by atoms with Crippen molar-refractivity contribution in [3.05, 3.63) is 21.6 Å². The van der Waals surface area contributed by atoms with Crippen LogP contribution in [-0.4, -0.2) is 35.7 Å². The molecule has 0 bridgehead atoms. The van der Waals surface area contributed by atoms with E-state index in [0.717, 1.165) is 31.5 Å². The van der Waals surface area contributed by atoms with E-state index in [0.29, 0.717) is 24.3 Å². The maximum atomic E-state index is 11.7. The zero-order chi connectivity index (χ0) is 13.7. The first-order valence-electron chi connectivity index (χ1n) is 6.53. The molecule has 0 saturated heterocycles. The van der Waals surface area contributed by atoms with E-state index < -0.39 is 0 Å². The molecular weight excluding hydrogens is 317 g/mol. The van der Waals surface area contributed by atoms with Gasteiger partial charge in [0, 0.05) is 18.7 Å². The molecule has 2 heterocycles. The monoisotopic (exact) mass is 337 g/mol. The minimum Gasteiger partial charge on any atom is -0.383 e. The second kappa shape index (κ2) is 9.59. The van der Waals surface area contributed by atoms with Crippen LogP contribution in [0, 0.1) is 0 Å². The summed E-state index contributed by atoms with van der Waals surface area (Å²) in [6.07, 6.45) is 2.56. The van der Waals surface area contributed by atoms with Crippen LogP contribution in [0.3, 0.4) is 0 Å². The van der Waals surface area contributed by atoms with E-state index in [4.69, 9.17) is 5.73 Å². The second-order valence-corrected chi connectivity index (χ2v) is 4.55. The first kappa shape index (κ1) is 19.7. The Morgan fingerprint density at radius 3 is 2.86 bits per heavy atom. The lowest BCUT2D eigenvalue weighted by atomic mass is 10.0. The van der Waals surface area contributed by atoms with Crippen LogP contribution in [0.15, 0.2) is 4.79 Å². The van der Waals surface area contributed by atoms with Gasteiger partial charge in [0.1, 0.15) is 0 Å². The number of hydrogen-bond acceptors (Lipinski definition) is 5. The topological polar surface area (TPSA) is 113 Å². The fourth-order valence-corrected chi connectivity index (χ4v) is 2.13. The van der Waals surface area contributed by atoms with Crippen LogP contribution in [0.5, 0.6) is 0 Å². The van der Waals surface area contributed by atoms with Crippen molar-refractivity contribution in [2.45, 2.75) is 25.7 Å². The maximum absolute atomic E-state index is 11.7. The maximum Gasteiger partial charge on any atom is 0.269 e. The molecule has 0 atom stereocenters. The Morgan fingerprint density at radius 1 is 1.38 bits per heavy atom. The highest BCUT2D eigenvalue weighted by atomic mass is 35.5. The Labute approximate surface area is 135 Å². The molecule has 120 valence electrons. The predicted octanol–water partition coefficient (Wildman–Crippen LogP) is -0.0209. The molecule has 0 aliphatic carbocycles. The van der Waals surface area contributed by atoms with Gasteiger partial charge in [-0.25, -0.2) is 5.10 Å². The molecule has 0 spiro atoms. The smallest absolute Gasteiger partial charge is 0.269 e. The number of amides is 1. The van der Waals surface area contributed by atoms with Gasteiger partial charge in [0.25, 0.3) is 5.56 Å². The predicted molar refractivity (Wildman–Crippen MR) is 86.5 cm³/mol. The van der Waals surface area contributed by atoms with Gasteiger partial charge in [0.15, 0.2) is 0 Å². The van der Waals surface area contributed by atoms with E-state index in [9.17, 15) is 9.59 Å². The number of carbonyl (C=O) groups is 1. The number of aromatic amines is 1. The Morgan fingerprint density at radius 2 is 2.14 bits per heavy atom. The number of H-pyrrole nitrogens is 1. The van der Waals surface area contributed by atoms with E-state index in [2.05, 4.69) is 20.8 Å². The van der Waals surface area contributed by atoms with Crippen LogP contribution in [0.4, 0.5) is 5.69 Å². The molecule has 0 aromatic carbocycles. The zero-order valence-corrected chi connectivity index (χ0v) is 13.2. The number of hydrogen-bond donors (Lipinski definition) is 4. The molecule has 0 unspecified atom stereocenters. The highest BCUT2D eigenvalue weighted by molar-refractivity contribution is 5.85. The lowest BCUT2D eigenvalue weighted by molar-refractivity contribution is -0.120. The Kier molecular flexibility index (Phi) is 9.00. The van der Waals surface area contributed by atoms with Crippen molar-refractivity contribution in [2.75, 3.05) is 25.0 Å². The Hall–Kier alpha value is -1.31. The number of fused-ring (bicyclic) bond motifs is 1. The quantitative estimate of drug-likeness (QED) is 0.564. The molecule has 7 nitrogen and oxygen atoms in total. The van der Waals surface area contributed by atoms with Crippen molar-refractivity contribution in [1.29, 1.82) is 0 Å². The fraction of sp³-hybridized carbons (Fsp3) is 0.583. The van der Waals surface area contributed by atoms with Gasteiger partial charge in [-0.1, -0.05) is 0 Å². The van der Waals surface area contributed by atoms with Crippen molar-refractivity contribution in [3.8, 4) is 0 Å². The number of halogens is 2. The van der Waals surface area contributed by atoms with E-state index in [1.807, 2.05) is 0 Å². The molecular formula is C12H21Cl2N5O2. The number of nitrogens with two attached hydrogens (primary N) is 1. The SMILES string of the molecule is Cl.Cl.NCCCNC(=O)Cc1n[nH]c(=O)c2c1NCCC2. The molecule has 5 N–H and O–H groups in total. The summed E-state index contributed by atoms with van der Waals surface area (Å²) in [6, 6.07) is 0. The van der Waals surface area contributed by atoms with Crippen LogP contribution in [-0.2, 0) is 17.6 Å². The minimum absolute atomic E-state index is 0. The van der Waals surface area contributed by atoms with Crippen LogP contribution >= 0.6 is 24.8 Å². The standard InChI is InChI=1S/C12H19N5O2.2ClH/c13-4-2-6-14-10(18)7-9-11-8(3-1-5-15-11)12(19)17-16-9;;/h15H,1-7,13H2,(H,14,18)(H,17,19);2*1H. The number of rotatable bonds is 5. The second-order valence-electron chi connectivity index (χ2n) is 4.55. The minimum atomic E-state index is -0.172. The third-order valence-electron chi connectivity index (χ3n) is 3.09. The summed E-state index contributed by atoms with van der Waals surface area (Å²) in [6.45, 7) is 1.92. The van der Waals surface area contributed by atoms with Crippen LogP contribution in [0.2, 0.25) is 0 Å². The average molecular weight is 338 g/mol. The summed E-state index contributed by atoms with van der Waals surface area (Å²) in [5, 5.41) is 12.4. The lowest BCUT2D eigenvalue weighted by Gasteiger charge is -2.19. The lowest BCUT2D eigenvalue weighted by Crippen LogP contribution is -2.30. The molecule has 1 aromatic heterocycles. The zero-order valence-electron chi connectivity index (χ0n) is 11.6. The van der Waals surface area contributed by atoms with Crippen molar-refractivity contribution in [2.24, 2.45) is 5.73 Å². The number of nitrogens with one attached hydrogen (secondary N) is 3. The van der Waals surface area contributed by atoms with Crippen molar-refractivity contribution in [1.82, 2.24) is 15.5 Å². The van der Waals surface area contributed by atoms with Gasteiger partial charge >= 0.3 is 0 Å². The molecule has 0 fully saturated rings. The molecule has 2 rings (SSSR count). The number of nitrogens with zero attached hydrogens (tertiary/aromatic N) is 1. The molecule has 1 aromatic rings. The normalized spacial score (nSPS) is 12.2. The number of aromatic nitrogens is 2. The molecule has 1 amide bonds. The number of carbonyl (C=O) groups excluding carboxylic acids is 1. The molecule has 1 aliphatic heterocycles. The largest absolute Gasteiger partial charge is 0.383 e. The van der Waals surface area contributed by atoms with Crippen molar-refractivity contribution < 1.29 is 4.79 Å². The van der Waals surface area contributed by atoms with Gasteiger partial charge in [0.05, 0.1) is 17.8 Å². The Bertz CT molecular complexity index is 521. The number of anilines is 1. The van der Waals surface area contributed by atoms with Crippen LogP contribution in [0.1, 0.15) is 24.1 Å². The average Bonchev–Trinajstić information content (AvgIpc) is 2.43. The summed E-state index contributed by atoms with van der Waals surface area (Å²) in [7, 11) is 0. The highest BCUT2D eigenvalue weighted by Crippen LogP contribution is 2.21. The fourth-order valence-electron chi connectivity index (χ4n) is 2.13. The third kappa shape index (κ3) is 5.18. The van der Waals surface area contributed by atoms with Gasteiger partial charge in [-0.15, -0.1) is 24.8 Å². The molecule has 0 saturated carbocycles. The summed E-state index contributed by atoms with van der Waals surface area (Å²) < 4.78 is 0. The molecule has 0 radical (unpaired) electrons. The van der Waals surface area contributed by atoms with Crippen LogP contribution < -0.4 is 21.9 Å². The van der Waals surface area contributed by atoms with E-state index in [-0.39, 0.29) is 42.7 Å². The van der Waals surface area contributed by atoms with E-state index >= 15 is 0 Å². The summed E-state index contributed by atoms with van der Waals surface area (Å²) in [4.78, 5) is 23.4. The van der Waals surface area contributed by atoms with E-state index in [1.165, 1.54) is 0 Å². The van der Waals surface area contributed by atoms with Gasteiger partial charge in [-0.05, 0) is 25.8 Å². The van der Waals surface area contributed by atoms with Gasteiger partial charge in [-0.2, -0.15) is 5.10 Å². The summed E-state index contributed by atoms with van der Waals surface area (Å²) in [5.74, 6) is -0.109. The first-order valence-corrected chi connectivity index (χ1v) is 6.53. The molecule has 9 heteroatoms.